The molecule has 1 rings (SSSR count). The molecule has 78 valence electrons. The topological polar surface area (TPSA) is 34.1 Å². The maximum Gasteiger partial charge on any atom is 0.376 e. The molecule has 2 atom stereocenters. The number of alkyl halides is 5. The van der Waals surface area contributed by atoms with Gasteiger partial charge in [0, 0.05) is 0 Å². The maximum absolute atomic E-state index is 12.5. The average Bonchev–Trinajstić information content (AvgIpc) is 2.11. The zero-order chi connectivity index (χ0) is 10.4. The van der Waals surface area contributed by atoms with Crippen LogP contribution in [-0.4, -0.2) is 32.0 Å². The molecule has 2 nitrogen and oxygen atoms in total. The second-order valence-corrected chi connectivity index (χ2v) is 4.85. The highest BCUT2D eigenvalue weighted by Crippen LogP contribution is 2.43. The van der Waals surface area contributed by atoms with Crippen LogP contribution in [0.1, 0.15) is 0 Å². The highest BCUT2D eigenvalue weighted by atomic mass is 32.2. The fourth-order valence-electron chi connectivity index (χ4n) is 1.07. The smallest absolute Gasteiger partial charge is 0.239 e. The van der Waals surface area contributed by atoms with Crippen LogP contribution in [0.25, 0.3) is 0 Å². The standard InChI is InChI=1S/C5H5F5O2S/c6-3-2(4(7)8)1-13(11,12)5(3,9)10/h2-4H,1H2. The van der Waals surface area contributed by atoms with Gasteiger partial charge in [0.15, 0.2) is 6.17 Å². The van der Waals surface area contributed by atoms with Gasteiger partial charge in [0.1, 0.15) is 0 Å². The molecular formula is C5H5F5O2S. The van der Waals surface area contributed by atoms with E-state index < -0.39 is 39.4 Å². The van der Waals surface area contributed by atoms with Gasteiger partial charge in [-0.25, -0.2) is 21.6 Å². The van der Waals surface area contributed by atoms with E-state index in [9.17, 15) is 30.4 Å². The lowest BCUT2D eigenvalue weighted by Gasteiger charge is -2.13. The molecule has 2 unspecified atom stereocenters. The number of hydrogen-bond donors (Lipinski definition) is 0. The van der Waals surface area contributed by atoms with Gasteiger partial charge < -0.3 is 0 Å². The summed E-state index contributed by atoms with van der Waals surface area (Å²) in [6.07, 6.45) is -6.70. The van der Waals surface area contributed by atoms with E-state index in [4.69, 9.17) is 0 Å². The maximum atomic E-state index is 12.5. The van der Waals surface area contributed by atoms with Crippen molar-refractivity contribution < 1.29 is 30.4 Å². The van der Waals surface area contributed by atoms with Crippen LogP contribution >= 0.6 is 0 Å². The molecule has 0 amide bonds. The van der Waals surface area contributed by atoms with Crippen LogP contribution in [0.15, 0.2) is 0 Å². The van der Waals surface area contributed by atoms with Gasteiger partial charge in [0.25, 0.3) is 0 Å². The molecule has 0 aromatic rings. The molecule has 1 aliphatic rings. The summed E-state index contributed by atoms with van der Waals surface area (Å²) < 4.78 is 82.0. The summed E-state index contributed by atoms with van der Waals surface area (Å²) in [5, 5.41) is -4.67. The Balaban J connectivity index is 3.06. The predicted molar refractivity (Wildman–Crippen MR) is 33.1 cm³/mol. The van der Waals surface area contributed by atoms with E-state index >= 15 is 0 Å². The summed E-state index contributed by atoms with van der Waals surface area (Å²) in [6.45, 7) is 0. The molecule has 0 radical (unpaired) electrons. The van der Waals surface area contributed by atoms with Gasteiger partial charge in [-0.2, -0.15) is 8.78 Å². The molecule has 1 saturated heterocycles. The number of sulfone groups is 1. The van der Waals surface area contributed by atoms with Crippen LogP contribution in [-0.2, 0) is 9.84 Å². The fraction of sp³-hybridized carbons (Fsp3) is 1.00. The lowest BCUT2D eigenvalue weighted by atomic mass is 10.1. The van der Waals surface area contributed by atoms with Crippen molar-refractivity contribution in [3.8, 4) is 0 Å². The van der Waals surface area contributed by atoms with E-state index in [1.54, 1.807) is 0 Å². The Kier molecular flexibility index (Phi) is 2.29. The highest BCUT2D eigenvalue weighted by Gasteiger charge is 2.65. The summed E-state index contributed by atoms with van der Waals surface area (Å²) in [6, 6.07) is 0. The normalized spacial score (nSPS) is 36.8. The largest absolute Gasteiger partial charge is 0.376 e. The Labute approximate surface area is 70.6 Å². The van der Waals surface area contributed by atoms with Crippen LogP contribution in [0.2, 0.25) is 0 Å². The monoisotopic (exact) mass is 224 g/mol. The number of hydrogen-bond acceptors (Lipinski definition) is 2. The molecule has 1 fully saturated rings. The summed E-state index contributed by atoms with van der Waals surface area (Å²) in [7, 11) is -5.06. The Morgan fingerprint density at radius 2 is 1.77 bits per heavy atom. The molecule has 0 saturated carbocycles. The number of halogens is 5. The first-order valence-corrected chi connectivity index (χ1v) is 4.87. The van der Waals surface area contributed by atoms with Crippen molar-refractivity contribution >= 4 is 9.84 Å². The van der Waals surface area contributed by atoms with Gasteiger partial charge in [-0.05, 0) is 0 Å². The van der Waals surface area contributed by atoms with Crippen LogP contribution in [0.3, 0.4) is 0 Å². The first-order chi connectivity index (χ1) is 5.70. The van der Waals surface area contributed by atoms with Crippen molar-refractivity contribution in [1.82, 2.24) is 0 Å². The van der Waals surface area contributed by atoms with Crippen molar-refractivity contribution in [2.45, 2.75) is 17.9 Å². The van der Waals surface area contributed by atoms with Gasteiger partial charge in [0.2, 0.25) is 16.3 Å². The van der Waals surface area contributed by atoms with Gasteiger partial charge in [0.05, 0.1) is 11.7 Å². The lowest BCUT2D eigenvalue weighted by Crippen LogP contribution is -2.34. The third-order valence-electron chi connectivity index (χ3n) is 1.85. The molecule has 0 aliphatic carbocycles. The molecule has 0 aromatic carbocycles. The van der Waals surface area contributed by atoms with Crippen molar-refractivity contribution in [3.63, 3.8) is 0 Å². The van der Waals surface area contributed by atoms with Gasteiger partial charge >= 0.3 is 5.25 Å². The van der Waals surface area contributed by atoms with E-state index in [0.717, 1.165) is 0 Å². The van der Waals surface area contributed by atoms with Gasteiger partial charge in [-0.1, -0.05) is 0 Å². The Bertz CT molecular complexity index is 298. The summed E-state index contributed by atoms with van der Waals surface area (Å²) in [4.78, 5) is 0. The molecule has 8 heteroatoms. The van der Waals surface area contributed by atoms with Crippen LogP contribution in [0, 0.1) is 5.92 Å². The highest BCUT2D eigenvalue weighted by molar-refractivity contribution is 7.92. The molecular weight excluding hydrogens is 219 g/mol. The van der Waals surface area contributed by atoms with Crippen molar-refractivity contribution in [1.29, 1.82) is 0 Å². The lowest BCUT2D eigenvalue weighted by molar-refractivity contribution is -0.0444. The molecule has 0 bridgehead atoms. The molecule has 1 heterocycles. The quantitative estimate of drug-likeness (QED) is 0.628. The predicted octanol–water partition coefficient (Wildman–Crippen LogP) is 1.23. The van der Waals surface area contributed by atoms with Crippen LogP contribution in [0.5, 0.6) is 0 Å². The van der Waals surface area contributed by atoms with Crippen molar-refractivity contribution in [2.24, 2.45) is 5.92 Å². The zero-order valence-corrected chi connectivity index (χ0v) is 6.87. The minimum Gasteiger partial charge on any atom is -0.239 e. The Hall–Kier alpha value is -0.400. The summed E-state index contributed by atoms with van der Waals surface area (Å²) in [5.41, 5.74) is 0. The summed E-state index contributed by atoms with van der Waals surface area (Å²) >= 11 is 0. The third kappa shape index (κ3) is 1.40. The molecule has 0 spiro atoms. The third-order valence-corrected chi connectivity index (χ3v) is 3.73. The number of rotatable bonds is 1. The van der Waals surface area contributed by atoms with E-state index in [2.05, 4.69) is 0 Å². The minimum atomic E-state index is -5.06. The molecule has 0 aromatic heterocycles. The van der Waals surface area contributed by atoms with E-state index in [1.165, 1.54) is 0 Å². The molecule has 0 N–H and O–H groups in total. The first kappa shape index (κ1) is 10.7. The van der Waals surface area contributed by atoms with Crippen LogP contribution in [0.4, 0.5) is 22.0 Å². The van der Waals surface area contributed by atoms with Crippen molar-refractivity contribution in [2.75, 3.05) is 5.75 Å². The average molecular weight is 224 g/mol. The van der Waals surface area contributed by atoms with Gasteiger partial charge in [-0.15, -0.1) is 0 Å². The Morgan fingerprint density at radius 1 is 1.31 bits per heavy atom. The summed E-state index contributed by atoms with van der Waals surface area (Å²) in [5.74, 6) is -3.92. The second-order valence-electron chi connectivity index (χ2n) is 2.74. The molecule has 1 aliphatic heterocycles. The zero-order valence-electron chi connectivity index (χ0n) is 6.05. The minimum absolute atomic E-state index is 1.50. The molecule has 13 heavy (non-hydrogen) atoms. The van der Waals surface area contributed by atoms with E-state index in [0.29, 0.717) is 0 Å². The SMILES string of the molecule is O=S1(=O)CC(C(F)F)C(F)C1(F)F. The Morgan fingerprint density at radius 3 is 1.92 bits per heavy atom. The van der Waals surface area contributed by atoms with E-state index in [-0.39, 0.29) is 0 Å². The van der Waals surface area contributed by atoms with Crippen molar-refractivity contribution in [3.05, 3.63) is 0 Å². The van der Waals surface area contributed by atoms with Crippen LogP contribution < -0.4 is 0 Å². The second kappa shape index (κ2) is 2.79. The fourth-order valence-corrected chi connectivity index (χ4v) is 2.63. The van der Waals surface area contributed by atoms with E-state index in [1.807, 2.05) is 0 Å². The first-order valence-electron chi connectivity index (χ1n) is 3.22. The van der Waals surface area contributed by atoms with Gasteiger partial charge in [-0.3, -0.25) is 0 Å².